The van der Waals surface area contributed by atoms with Gasteiger partial charge in [0.25, 0.3) is 0 Å². The molecular formula is C14H22F3NO. The van der Waals surface area contributed by atoms with Gasteiger partial charge in [-0.2, -0.15) is 18.4 Å². The van der Waals surface area contributed by atoms with E-state index in [9.17, 15) is 18.4 Å². The fourth-order valence-electron chi connectivity index (χ4n) is 2.52. The van der Waals surface area contributed by atoms with Gasteiger partial charge in [0.15, 0.2) is 0 Å². The summed E-state index contributed by atoms with van der Waals surface area (Å²) in [5, 5.41) is 9.33. The van der Waals surface area contributed by atoms with Gasteiger partial charge in [0.2, 0.25) is 0 Å². The second-order valence-electron chi connectivity index (χ2n) is 6.33. The molecule has 1 fully saturated rings. The minimum Gasteiger partial charge on any atom is -0.372 e. The zero-order chi connectivity index (χ0) is 14.6. The van der Waals surface area contributed by atoms with Crippen molar-refractivity contribution in [2.24, 2.45) is 10.8 Å². The van der Waals surface area contributed by atoms with Crippen LogP contribution < -0.4 is 0 Å². The molecule has 19 heavy (non-hydrogen) atoms. The standard InChI is InChI=1S/C14H22F3NO/c1-12(2)5-7-13(10-18,8-6-12)4-3-9-19-11-14(15,16)17/h3-9,11H2,1-2H3. The molecule has 1 saturated carbocycles. The molecule has 110 valence electrons. The lowest BCUT2D eigenvalue weighted by Gasteiger charge is -2.39. The van der Waals surface area contributed by atoms with Crippen molar-refractivity contribution in [3.05, 3.63) is 0 Å². The van der Waals surface area contributed by atoms with E-state index in [4.69, 9.17) is 0 Å². The van der Waals surface area contributed by atoms with E-state index in [0.29, 0.717) is 12.8 Å². The molecule has 0 spiro atoms. The van der Waals surface area contributed by atoms with Gasteiger partial charge in [-0.1, -0.05) is 13.8 Å². The fraction of sp³-hybridized carbons (Fsp3) is 0.929. The molecule has 0 amide bonds. The van der Waals surface area contributed by atoms with Crippen molar-refractivity contribution in [2.45, 2.75) is 58.5 Å². The first kappa shape index (κ1) is 16.3. The van der Waals surface area contributed by atoms with Crippen molar-refractivity contribution in [1.29, 1.82) is 5.26 Å². The monoisotopic (exact) mass is 277 g/mol. The van der Waals surface area contributed by atoms with Crippen LogP contribution in [-0.4, -0.2) is 19.4 Å². The summed E-state index contributed by atoms with van der Waals surface area (Å²) in [5.74, 6) is 0. The molecule has 0 saturated heterocycles. The highest BCUT2D eigenvalue weighted by molar-refractivity contribution is 5.02. The predicted octanol–water partition coefficient (Wildman–Crippen LogP) is 4.46. The van der Waals surface area contributed by atoms with Gasteiger partial charge in [0.1, 0.15) is 6.61 Å². The Kier molecular flexibility index (Phi) is 5.26. The van der Waals surface area contributed by atoms with Crippen molar-refractivity contribution in [3.8, 4) is 6.07 Å². The Bertz CT molecular complexity index is 321. The molecule has 0 radical (unpaired) electrons. The zero-order valence-electron chi connectivity index (χ0n) is 11.6. The Hall–Kier alpha value is -0.760. The minimum atomic E-state index is -4.26. The van der Waals surface area contributed by atoms with Crippen LogP contribution in [0.3, 0.4) is 0 Å². The van der Waals surface area contributed by atoms with E-state index in [2.05, 4.69) is 24.7 Å². The van der Waals surface area contributed by atoms with Crippen LogP contribution in [0.4, 0.5) is 13.2 Å². The Morgan fingerprint density at radius 2 is 1.74 bits per heavy atom. The molecule has 0 aromatic rings. The average molecular weight is 277 g/mol. The molecule has 0 aromatic heterocycles. The van der Waals surface area contributed by atoms with Crippen LogP contribution in [0.15, 0.2) is 0 Å². The van der Waals surface area contributed by atoms with Gasteiger partial charge in [0.05, 0.1) is 11.5 Å². The van der Waals surface area contributed by atoms with Gasteiger partial charge in [-0.15, -0.1) is 0 Å². The van der Waals surface area contributed by atoms with Crippen LogP contribution in [0, 0.1) is 22.2 Å². The highest BCUT2D eigenvalue weighted by atomic mass is 19.4. The van der Waals surface area contributed by atoms with Gasteiger partial charge >= 0.3 is 6.18 Å². The Balaban J connectivity index is 2.29. The van der Waals surface area contributed by atoms with Crippen molar-refractivity contribution < 1.29 is 17.9 Å². The van der Waals surface area contributed by atoms with Crippen molar-refractivity contribution in [3.63, 3.8) is 0 Å². The third-order valence-electron chi connectivity index (χ3n) is 4.01. The van der Waals surface area contributed by atoms with Crippen molar-refractivity contribution >= 4 is 0 Å². The highest BCUT2D eigenvalue weighted by Gasteiger charge is 2.38. The normalized spacial score (nSPS) is 21.9. The molecule has 0 aliphatic heterocycles. The lowest BCUT2D eigenvalue weighted by atomic mass is 9.64. The van der Waals surface area contributed by atoms with Crippen LogP contribution in [0.25, 0.3) is 0 Å². The molecule has 0 bridgehead atoms. The number of hydrogen-bond acceptors (Lipinski definition) is 2. The predicted molar refractivity (Wildman–Crippen MR) is 66.4 cm³/mol. The maximum absolute atomic E-state index is 11.9. The topological polar surface area (TPSA) is 33.0 Å². The summed E-state index contributed by atoms with van der Waals surface area (Å²) in [5.41, 5.74) is -0.0652. The number of rotatable bonds is 5. The number of hydrogen-bond donors (Lipinski definition) is 0. The molecule has 0 unspecified atom stereocenters. The lowest BCUT2D eigenvalue weighted by molar-refractivity contribution is -0.174. The molecule has 1 rings (SSSR count). The van der Waals surface area contributed by atoms with E-state index in [0.717, 1.165) is 25.7 Å². The van der Waals surface area contributed by atoms with Crippen LogP contribution >= 0.6 is 0 Å². The van der Waals surface area contributed by atoms with E-state index >= 15 is 0 Å². The van der Waals surface area contributed by atoms with E-state index < -0.39 is 12.8 Å². The van der Waals surface area contributed by atoms with Crippen LogP contribution in [0.5, 0.6) is 0 Å². The van der Waals surface area contributed by atoms with Crippen molar-refractivity contribution in [2.75, 3.05) is 13.2 Å². The molecule has 1 aliphatic carbocycles. The summed E-state index contributed by atoms with van der Waals surface area (Å²) in [7, 11) is 0. The number of alkyl halides is 3. The SMILES string of the molecule is CC1(C)CCC(C#N)(CCCOCC(F)(F)F)CC1. The number of nitrogens with zero attached hydrogens (tertiary/aromatic N) is 1. The second-order valence-corrected chi connectivity index (χ2v) is 6.33. The van der Waals surface area contributed by atoms with Gasteiger partial charge in [0, 0.05) is 6.61 Å². The van der Waals surface area contributed by atoms with Gasteiger partial charge in [-0.25, -0.2) is 0 Å². The number of ether oxygens (including phenoxy) is 1. The van der Waals surface area contributed by atoms with Gasteiger partial charge in [-0.3, -0.25) is 0 Å². The van der Waals surface area contributed by atoms with Crippen molar-refractivity contribution in [1.82, 2.24) is 0 Å². The molecule has 5 heteroatoms. The lowest BCUT2D eigenvalue weighted by Crippen LogP contribution is -2.30. The smallest absolute Gasteiger partial charge is 0.372 e. The average Bonchev–Trinajstić information content (AvgIpc) is 2.30. The van der Waals surface area contributed by atoms with E-state index in [-0.39, 0.29) is 17.4 Å². The maximum Gasteiger partial charge on any atom is 0.411 e. The van der Waals surface area contributed by atoms with E-state index in [1.54, 1.807) is 0 Å². The molecule has 0 heterocycles. The summed E-state index contributed by atoms with van der Waals surface area (Å²) < 4.78 is 40.2. The second kappa shape index (κ2) is 6.13. The first-order chi connectivity index (χ1) is 8.68. The number of nitriles is 1. The van der Waals surface area contributed by atoms with Crippen LogP contribution in [0.1, 0.15) is 52.4 Å². The summed E-state index contributed by atoms with van der Waals surface area (Å²) in [6, 6.07) is 2.38. The third kappa shape index (κ3) is 5.82. The molecule has 1 aliphatic rings. The van der Waals surface area contributed by atoms with Crippen LogP contribution in [-0.2, 0) is 4.74 Å². The van der Waals surface area contributed by atoms with E-state index in [1.165, 1.54) is 0 Å². The Morgan fingerprint density at radius 3 is 2.21 bits per heavy atom. The summed E-state index contributed by atoms with van der Waals surface area (Å²) in [6.45, 7) is 3.27. The van der Waals surface area contributed by atoms with Gasteiger partial charge < -0.3 is 4.74 Å². The Labute approximate surface area is 112 Å². The third-order valence-corrected chi connectivity index (χ3v) is 4.01. The molecular weight excluding hydrogens is 255 g/mol. The quantitative estimate of drug-likeness (QED) is 0.695. The molecule has 2 nitrogen and oxygen atoms in total. The first-order valence-electron chi connectivity index (χ1n) is 6.74. The summed E-state index contributed by atoms with van der Waals surface area (Å²) in [4.78, 5) is 0. The number of halogens is 3. The van der Waals surface area contributed by atoms with Crippen LogP contribution in [0.2, 0.25) is 0 Å². The summed E-state index contributed by atoms with van der Waals surface area (Å²) in [6.07, 6.45) is 0.586. The largest absolute Gasteiger partial charge is 0.411 e. The molecule has 0 aromatic carbocycles. The van der Waals surface area contributed by atoms with E-state index in [1.807, 2.05) is 0 Å². The fourth-order valence-corrected chi connectivity index (χ4v) is 2.52. The molecule has 0 atom stereocenters. The first-order valence-corrected chi connectivity index (χ1v) is 6.74. The summed E-state index contributed by atoms with van der Waals surface area (Å²) >= 11 is 0. The minimum absolute atomic E-state index is 0.0757. The maximum atomic E-state index is 11.9. The van der Waals surface area contributed by atoms with Gasteiger partial charge in [-0.05, 0) is 43.9 Å². The molecule has 0 N–H and O–H groups in total. The highest BCUT2D eigenvalue weighted by Crippen LogP contribution is 2.47. The zero-order valence-corrected chi connectivity index (χ0v) is 11.6. The Morgan fingerprint density at radius 1 is 1.16 bits per heavy atom.